The minimum Gasteiger partial charge on any atom is -0.494 e. The number of methoxy groups -OCH3 is 1. The Morgan fingerprint density at radius 2 is 2.08 bits per heavy atom. The van der Waals surface area contributed by atoms with Gasteiger partial charge in [0.25, 0.3) is 0 Å². The Bertz CT molecular complexity index is 772. The number of thiophene rings is 1. The van der Waals surface area contributed by atoms with Gasteiger partial charge in [0, 0.05) is 36.6 Å². The molecule has 7 heteroatoms. The van der Waals surface area contributed by atoms with Gasteiger partial charge in [0.1, 0.15) is 5.75 Å². The van der Waals surface area contributed by atoms with Crippen molar-refractivity contribution in [1.82, 2.24) is 4.90 Å². The summed E-state index contributed by atoms with van der Waals surface area (Å²) in [6, 6.07) is 7.09. The van der Waals surface area contributed by atoms with Gasteiger partial charge < -0.3 is 20.3 Å². The summed E-state index contributed by atoms with van der Waals surface area (Å²) >= 11 is 1.75. The third kappa shape index (κ3) is 3.51. The summed E-state index contributed by atoms with van der Waals surface area (Å²) in [6.07, 6.45) is 0.894. The molecule has 2 N–H and O–H groups in total. The number of amides is 3. The van der Waals surface area contributed by atoms with Crippen molar-refractivity contribution in [2.75, 3.05) is 24.3 Å². The molecule has 2 heterocycles. The molecule has 0 fully saturated rings. The number of nitrogens with zero attached hydrogens (tertiary/aromatic N) is 1. The second kappa shape index (κ2) is 6.92. The van der Waals surface area contributed by atoms with E-state index in [9.17, 15) is 9.59 Å². The van der Waals surface area contributed by atoms with Crippen LogP contribution in [0.15, 0.2) is 29.6 Å². The first-order valence-corrected chi connectivity index (χ1v) is 8.51. The average Bonchev–Trinajstić information content (AvgIpc) is 3.03. The van der Waals surface area contributed by atoms with Gasteiger partial charge in [-0.15, -0.1) is 11.3 Å². The van der Waals surface area contributed by atoms with Crippen LogP contribution < -0.4 is 15.4 Å². The molecule has 0 bridgehead atoms. The number of fused-ring (bicyclic) bond motifs is 1. The fourth-order valence-corrected chi connectivity index (χ4v) is 3.58. The van der Waals surface area contributed by atoms with Crippen LogP contribution in [0.25, 0.3) is 0 Å². The lowest BCUT2D eigenvalue weighted by Crippen LogP contribution is -2.38. The molecule has 126 valence electrons. The van der Waals surface area contributed by atoms with E-state index >= 15 is 0 Å². The highest BCUT2D eigenvalue weighted by Crippen LogP contribution is 2.29. The van der Waals surface area contributed by atoms with Crippen LogP contribution in [-0.4, -0.2) is 30.5 Å². The lowest BCUT2D eigenvalue weighted by Gasteiger charge is -2.27. The highest BCUT2D eigenvalue weighted by Gasteiger charge is 2.21. The Kier molecular flexibility index (Phi) is 4.71. The summed E-state index contributed by atoms with van der Waals surface area (Å²) in [5.74, 6) is 0.326. The van der Waals surface area contributed by atoms with Gasteiger partial charge in [-0.1, -0.05) is 0 Å². The largest absolute Gasteiger partial charge is 0.494 e. The van der Waals surface area contributed by atoms with E-state index in [1.165, 1.54) is 24.5 Å². The monoisotopic (exact) mass is 345 g/mol. The van der Waals surface area contributed by atoms with E-state index in [-0.39, 0.29) is 11.9 Å². The Morgan fingerprint density at radius 3 is 2.83 bits per heavy atom. The van der Waals surface area contributed by atoms with Crippen LogP contribution in [0.3, 0.4) is 0 Å². The molecule has 0 atom stereocenters. The number of ether oxygens (including phenoxy) is 1. The lowest BCUT2D eigenvalue weighted by atomic mass is 10.1. The summed E-state index contributed by atoms with van der Waals surface area (Å²) in [7, 11) is 1.52. The fraction of sp³-hybridized carbons (Fsp3) is 0.294. The number of carbonyl (C=O) groups excluding carboxylic acids is 2. The standard InChI is InChI=1S/C17H19N3O3S/c1-11(21)18-14-4-3-13(9-15(14)23-2)19-17(22)20-7-5-16-12(10-20)6-8-24-16/h3-4,6,8-9H,5,7,10H2,1-2H3,(H,18,21)(H,19,22). The molecule has 0 saturated carbocycles. The highest BCUT2D eigenvalue weighted by molar-refractivity contribution is 7.10. The Hall–Kier alpha value is -2.54. The minimum atomic E-state index is -0.176. The number of rotatable bonds is 3. The van der Waals surface area contributed by atoms with Crippen molar-refractivity contribution in [1.29, 1.82) is 0 Å². The molecular formula is C17H19N3O3S. The first kappa shape index (κ1) is 16.3. The smallest absolute Gasteiger partial charge is 0.322 e. The predicted octanol–water partition coefficient (Wildman–Crippen LogP) is 3.31. The maximum atomic E-state index is 12.5. The van der Waals surface area contributed by atoms with Crippen molar-refractivity contribution < 1.29 is 14.3 Å². The maximum Gasteiger partial charge on any atom is 0.322 e. The van der Waals surface area contributed by atoms with Crippen LogP contribution in [0, 0.1) is 0 Å². The second-order valence-corrected chi connectivity index (χ2v) is 6.57. The van der Waals surface area contributed by atoms with Crippen molar-refractivity contribution in [3.05, 3.63) is 40.1 Å². The molecule has 1 aliphatic rings. The van der Waals surface area contributed by atoms with E-state index in [1.807, 2.05) is 0 Å². The minimum absolute atomic E-state index is 0.138. The van der Waals surface area contributed by atoms with E-state index in [0.717, 1.165) is 6.42 Å². The third-order valence-electron chi connectivity index (χ3n) is 3.86. The van der Waals surface area contributed by atoms with Gasteiger partial charge in [0.15, 0.2) is 0 Å². The molecule has 2 aromatic rings. The molecular weight excluding hydrogens is 326 g/mol. The van der Waals surface area contributed by atoms with Crippen molar-refractivity contribution in [3.63, 3.8) is 0 Å². The molecule has 3 amide bonds. The summed E-state index contributed by atoms with van der Waals surface area (Å²) in [5, 5.41) is 7.65. The number of hydrogen-bond acceptors (Lipinski definition) is 4. The maximum absolute atomic E-state index is 12.5. The average molecular weight is 345 g/mol. The van der Waals surface area contributed by atoms with Crippen molar-refractivity contribution in [2.24, 2.45) is 0 Å². The zero-order valence-corrected chi connectivity index (χ0v) is 14.4. The van der Waals surface area contributed by atoms with Crippen LogP contribution in [0.2, 0.25) is 0 Å². The number of urea groups is 1. The van der Waals surface area contributed by atoms with Gasteiger partial charge in [0.2, 0.25) is 5.91 Å². The molecule has 0 saturated heterocycles. The van der Waals surface area contributed by atoms with Gasteiger partial charge in [-0.05, 0) is 35.6 Å². The highest BCUT2D eigenvalue weighted by atomic mass is 32.1. The summed E-state index contributed by atoms with van der Waals surface area (Å²) in [4.78, 5) is 26.8. The van der Waals surface area contributed by atoms with Crippen LogP contribution in [0.5, 0.6) is 5.75 Å². The fourth-order valence-electron chi connectivity index (χ4n) is 2.69. The zero-order chi connectivity index (χ0) is 17.1. The molecule has 24 heavy (non-hydrogen) atoms. The topological polar surface area (TPSA) is 70.7 Å². The van der Waals surface area contributed by atoms with Crippen molar-refractivity contribution in [2.45, 2.75) is 19.9 Å². The zero-order valence-electron chi connectivity index (χ0n) is 13.6. The summed E-state index contributed by atoms with van der Waals surface area (Å²) in [6.45, 7) is 2.77. The van der Waals surface area contributed by atoms with E-state index < -0.39 is 0 Å². The van der Waals surface area contributed by atoms with Crippen molar-refractivity contribution in [3.8, 4) is 5.75 Å². The first-order valence-electron chi connectivity index (χ1n) is 7.63. The quantitative estimate of drug-likeness (QED) is 0.896. The Balaban J connectivity index is 1.69. The van der Waals surface area contributed by atoms with E-state index in [2.05, 4.69) is 22.1 Å². The van der Waals surface area contributed by atoms with Gasteiger partial charge in [-0.25, -0.2) is 4.79 Å². The second-order valence-electron chi connectivity index (χ2n) is 5.57. The normalized spacial score (nSPS) is 13.2. The molecule has 3 rings (SSSR count). The number of hydrogen-bond donors (Lipinski definition) is 2. The third-order valence-corrected chi connectivity index (χ3v) is 4.88. The number of carbonyl (C=O) groups is 2. The van der Waals surface area contributed by atoms with E-state index in [0.29, 0.717) is 30.2 Å². The molecule has 0 aliphatic carbocycles. The molecule has 1 aromatic heterocycles. The number of benzene rings is 1. The summed E-state index contributed by atoms with van der Waals surface area (Å²) < 4.78 is 5.27. The molecule has 6 nitrogen and oxygen atoms in total. The molecule has 0 spiro atoms. The van der Waals surface area contributed by atoms with Crippen molar-refractivity contribution >= 4 is 34.6 Å². The van der Waals surface area contributed by atoms with Crippen LogP contribution in [-0.2, 0) is 17.8 Å². The van der Waals surface area contributed by atoms with E-state index in [4.69, 9.17) is 4.74 Å². The summed E-state index contributed by atoms with van der Waals surface area (Å²) in [5.41, 5.74) is 2.42. The SMILES string of the molecule is COc1cc(NC(=O)N2CCc3sccc3C2)ccc1NC(C)=O. The molecule has 1 aromatic carbocycles. The van der Waals surface area contributed by atoms with Gasteiger partial charge in [-0.3, -0.25) is 4.79 Å². The molecule has 1 aliphatic heterocycles. The van der Waals surface area contributed by atoms with Crippen LogP contribution in [0.1, 0.15) is 17.4 Å². The Morgan fingerprint density at radius 1 is 1.25 bits per heavy atom. The number of anilines is 2. The Labute approximate surface area is 144 Å². The van der Waals surface area contributed by atoms with Gasteiger partial charge in [0.05, 0.1) is 12.8 Å². The predicted molar refractivity (Wildman–Crippen MR) is 94.7 cm³/mol. The van der Waals surface area contributed by atoms with Crippen LogP contribution in [0.4, 0.5) is 16.2 Å². The van der Waals surface area contributed by atoms with Gasteiger partial charge in [-0.2, -0.15) is 0 Å². The lowest BCUT2D eigenvalue weighted by molar-refractivity contribution is -0.114. The van der Waals surface area contributed by atoms with Gasteiger partial charge >= 0.3 is 6.03 Å². The molecule has 0 radical (unpaired) electrons. The number of nitrogens with one attached hydrogen (secondary N) is 2. The molecule has 0 unspecified atom stereocenters. The first-order chi connectivity index (χ1) is 11.6. The van der Waals surface area contributed by atoms with Crippen LogP contribution >= 0.6 is 11.3 Å². The van der Waals surface area contributed by atoms with E-state index in [1.54, 1.807) is 34.4 Å².